The van der Waals surface area contributed by atoms with Crippen LogP contribution in [-0.2, 0) is 23.8 Å². The van der Waals surface area contributed by atoms with Crippen molar-refractivity contribution < 1.29 is 49.3 Å². The maximum Gasteiger partial charge on any atom is 0.305 e. The molecule has 0 aromatic heterocycles. The Balaban J connectivity index is 2.05. The van der Waals surface area contributed by atoms with Crippen LogP contribution in [0, 0.1) is 0 Å². The van der Waals surface area contributed by atoms with E-state index >= 15 is 0 Å². The summed E-state index contributed by atoms with van der Waals surface area (Å²) in [6.45, 7) is 4.37. The summed E-state index contributed by atoms with van der Waals surface area (Å²) in [5.41, 5.74) is 0. The van der Waals surface area contributed by atoms with Gasteiger partial charge in [0.15, 0.2) is 6.29 Å². The van der Waals surface area contributed by atoms with Gasteiger partial charge in [-0.3, -0.25) is 9.59 Å². The van der Waals surface area contributed by atoms with E-state index in [4.69, 9.17) is 14.2 Å². The van der Waals surface area contributed by atoms with E-state index in [0.717, 1.165) is 57.8 Å². The van der Waals surface area contributed by atoms with Crippen LogP contribution in [0.25, 0.3) is 0 Å². The van der Waals surface area contributed by atoms with E-state index in [0.29, 0.717) is 19.4 Å². The molecule has 0 aliphatic carbocycles. The number of nitrogens with one attached hydrogen (secondary N) is 1. The fourth-order valence-electron chi connectivity index (χ4n) is 10.7. The molecule has 1 heterocycles. The van der Waals surface area contributed by atoms with Crippen LogP contribution < -0.4 is 5.32 Å². The Labute approximate surface area is 468 Å². The summed E-state index contributed by atoms with van der Waals surface area (Å²) in [4.78, 5) is 25.1. The third-order valence-corrected chi connectivity index (χ3v) is 15.9. The van der Waals surface area contributed by atoms with Gasteiger partial charge >= 0.3 is 5.97 Å². The molecule has 1 saturated heterocycles. The lowest BCUT2D eigenvalue weighted by Crippen LogP contribution is -2.60. The van der Waals surface area contributed by atoms with Gasteiger partial charge < -0.3 is 45.1 Å². The molecule has 0 radical (unpaired) electrons. The van der Waals surface area contributed by atoms with Crippen molar-refractivity contribution in [2.45, 2.75) is 371 Å². The lowest BCUT2D eigenvalue weighted by Gasteiger charge is -2.40. The maximum absolute atomic E-state index is 13.1. The van der Waals surface area contributed by atoms with Crippen molar-refractivity contribution in [2.24, 2.45) is 0 Å². The van der Waals surface area contributed by atoms with Gasteiger partial charge in [0.05, 0.1) is 32.0 Å². The molecule has 7 atom stereocenters. The summed E-state index contributed by atoms with van der Waals surface area (Å²) in [7, 11) is 0. The van der Waals surface area contributed by atoms with Gasteiger partial charge in [-0.25, -0.2) is 0 Å². The summed E-state index contributed by atoms with van der Waals surface area (Å²) in [5.74, 6) is -0.177. The van der Waals surface area contributed by atoms with Gasteiger partial charge in [0, 0.05) is 12.8 Å². The van der Waals surface area contributed by atoms with Gasteiger partial charge in [0.1, 0.15) is 24.4 Å². The molecule has 0 spiro atoms. The van der Waals surface area contributed by atoms with E-state index in [1.807, 2.05) is 6.08 Å². The minimum absolute atomic E-state index is 0.00133. The molecular weight excluding hydrogens is 955 g/mol. The lowest BCUT2D eigenvalue weighted by molar-refractivity contribution is -0.302. The first-order valence-corrected chi connectivity index (χ1v) is 33.0. The minimum atomic E-state index is -1.57. The second kappa shape index (κ2) is 55.3. The van der Waals surface area contributed by atoms with Crippen LogP contribution in [0.15, 0.2) is 12.2 Å². The number of hydrogen-bond acceptors (Lipinski definition) is 10. The van der Waals surface area contributed by atoms with E-state index in [2.05, 4.69) is 19.2 Å². The molecule has 450 valence electrons. The highest BCUT2D eigenvalue weighted by atomic mass is 16.7. The van der Waals surface area contributed by atoms with Crippen molar-refractivity contribution in [2.75, 3.05) is 19.8 Å². The van der Waals surface area contributed by atoms with Gasteiger partial charge in [-0.1, -0.05) is 296 Å². The van der Waals surface area contributed by atoms with Gasteiger partial charge in [-0.15, -0.1) is 0 Å². The Morgan fingerprint density at radius 3 is 1.22 bits per heavy atom. The highest BCUT2D eigenvalue weighted by molar-refractivity contribution is 5.76. The summed E-state index contributed by atoms with van der Waals surface area (Å²) in [6.07, 6.45) is 55.9. The molecule has 1 amide bonds. The summed E-state index contributed by atoms with van der Waals surface area (Å²) < 4.78 is 16.7. The number of carbonyl (C=O) groups excluding carboxylic acids is 2. The zero-order valence-corrected chi connectivity index (χ0v) is 49.7. The van der Waals surface area contributed by atoms with E-state index in [9.17, 15) is 35.1 Å². The average Bonchev–Trinajstić information content (AvgIpc) is 3.42. The van der Waals surface area contributed by atoms with Crippen LogP contribution in [0.3, 0.4) is 0 Å². The molecule has 6 N–H and O–H groups in total. The first-order chi connectivity index (χ1) is 37.2. The maximum atomic E-state index is 13.1. The molecule has 1 aliphatic rings. The smallest absolute Gasteiger partial charge is 0.305 e. The predicted molar refractivity (Wildman–Crippen MR) is 315 cm³/mol. The SMILES string of the molecule is CCCCCCCCCCCCCCC/C=C/C(O)C(COC1OC(CO)C(O)C(O)C1O)NC(=O)CCCCCCCCCCCCCCCCCCCCCCCCOC(=O)CCCCCCCCCCCCC. The highest BCUT2D eigenvalue weighted by Gasteiger charge is 2.44. The Hall–Kier alpha value is -1.60. The van der Waals surface area contributed by atoms with Crippen molar-refractivity contribution >= 4 is 11.9 Å². The van der Waals surface area contributed by atoms with Crippen molar-refractivity contribution in [1.29, 1.82) is 0 Å². The third-order valence-electron chi connectivity index (χ3n) is 15.9. The number of esters is 1. The number of ether oxygens (including phenoxy) is 3. The van der Waals surface area contributed by atoms with Gasteiger partial charge in [-0.05, 0) is 32.1 Å². The lowest BCUT2D eigenvalue weighted by atomic mass is 9.99. The number of unbranched alkanes of at least 4 members (excludes halogenated alkanes) is 44. The molecule has 11 heteroatoms. The van der Waals surface area contributed by atoms with E-state index in [1.165, 1.54) is 244 Å². The molecule has 0 saturated carbocycles. The molecule has 1 rings (SSSR count). The summed E-state index contributed by atoms with van der Waals surface area (Å²) >= 11 is 0. The second-order valence-electron chi connectivity index (χ2n) is 23.2. The summed E-state index contributed by atoms with van der Waals surface area (Å²) in [6, 6.07) is -0.809. The largest absolute Gasteiger partial charge is 0.466 e. The molecule has 0 aromatic carbocycles. The van der Waals surface area contributed by atoms with Crippen molar-refractivity contribution in [1.82, 2.24) is 5.32 Å². The predicted octanol–water partition coefficient (Wildman–Crippen LogP) is 15.9. The quantitative estimate of drug-likeness (QED) is 0.0195. The van der Waals surface area contributed by atoms with E-state index in [-0.39, 0.29) is 18.5 Å². The fourth-order valence-corrected chi connectivity index (χ4v) is 10.7. The number of aliphatic hydroxyl groups excluding tert-OH is 5. The fraction of sp³-hybridized carbons (Fsp3) is 0.938. The van der Waals surface area contributed by atoms with Gasteiger partial charge in [0.25, 0.3) is 0 Å². The number of carbonyl (C=O) groups is 2. The van der Waals surface area contributed by atoms with Crippen LogP contribution in [0.4, 0.5) is 0 Å². The molecule has 76 heavy (non-hydrogen) atoms. The molecular formula is C65H125NO10. The number of rotatable bonds is 58. The van der Waals surface area contributed by atoms with Crippen molar-refractivity contribution in [3.05, 3.63) is 12.2 Å². The average molecular weight is 1080 g/mol. The zero-order valence-electron chi connectivity index (χ0n) is 49.7. The van der Waals surface area contributed by atoms with Crippen molar-refractivity contribution in [3.63, 3.8) is 0 Å². The first kappa shape index (κ1) is 72.4. The van der Waals surface area contributed by atoms with Crippen molar-refractivity contribution in [3.8, 4) is 0 Å². The normalized spacial score (nSPS) is 18.6. The monoisotopic (exact) mass is 1080 g/mol. The standard InChI is InChI=1S/C65H125NO10/c1-3-5-7-9-11-13-15-16-25-28-32-35-39-43-47-51-58(68)57(56-75-65-64(73)63(72)62(71)59(55-67)76-65)66-60(69)52-48-44-40-36-33-29-26-23-21-19-17-18-20-22-24-27-30-34-38-42-46-50-54-74-61(70)53-49-45-41-37-31-14-12-10-8-6-4-2/h47,51,57-59,62-65,67-68,71-73H,3-46,48-50,52-56H2,1-2H3,(H,66,69)/b51-47+. The number of allylic oxidation sites excluding steroid dienone is 1. The minimum Gasteiger partial charge on any atom is -0.466 e. The van der Waals surface area contributed by atoms with Crippen LogP contribution in [-0.4, -0.2) is 100 Å². The molecule has 7 unspecified atom stereocenters. The molecule has 11 nitrogen and oxygen atoms in total. The first-order valence-electron chi connectivity index (χ1n) is 33.0. The highest BCUT2D eigenvalue weighted by Crippen LogP contribution is 2.23. The van der Waals surface area contributed by atoms with Gasteiger partial charge in [-0.2, -0.15) is 0 Å². The Bertz CT molecular complexity index is 1270. The Morgan fingerprint density at radius 1 is 0.474 bits per heavy atom. The Morgan fingerprint density at radius 2 is 0.829 bits per heavy atom. The summed E-state index contributed by atoms with van der Waals surface area (Å²) in [5, 5.41) is 54.5. The zero-order chi connectivity index (χ0) is 55.2. The third kappa shape index (κ3) is 44.2. The van der Waals surface area contributed by atoms with Crippen LogP contribution in [0.2, 0.25) is 0 Å². The Kier molecular flexibility index (Phi) is 52.7. The molecule has 1 aliphatic heterocycles. The number of hydrogen-bond donors (Lipinski definition) is 6. The molecule has 0 bridgehead atoms. The molecule has 1 fully saturated rings. The van der Waals surface area contributed by atoms with Crippen LogP contribution >= 0.6 is 0 Å². The van der Waals surface area contributed by atoms with E-state index < -0.39 is 49.5 Å². The van der Waals surface area contributed by atoms with E-state index in [1.54, 1.807) is 6.08 Å². The van der Waals surface area contributed by atoms with Crippen LogP contribution in [0.5, 0.6) is 0 Å². The topological polar surface area (TPSA) is 175 Å². The number of aliphatic hydroxyl groups is 5. The van der Waals surface area contributed by atoms with Crippen LogP contribution in [0.1, 0.15) is 328 Å². The van der Waals surface area contributed by atoms with Gasteiger partial charge in [0.2, 0.25) is 5.91 Å². The number of amides is 1. The molecule has 0 aromatic rings. The second-order valence-corrected chi connectivity index (χ2v) is 23.2.